The van der Waals surface area contributed by atoms with Crippen molar-refractivity contribution in [3.63, 3.8) is 0 Å². The molecule has 0 aliphatic heterocycles. The maximum Gasteiger partial charge on any atom is 0.200 e. The predicted octanol–water partition coefficient (Wildman–Crippen LogP) is 4.29. The molecule has 3 rings (SSSR count). The molecule has 0 saturated heterocycles. The minimum absolute atomic E-state index is 0.0895. The van der Waals surface area contributed by atoms with E-state index in [1.807, 2.05) is 18.2 Å². The Bertz CT molecular complexity index is 953. The summed E-state index contributed by atoms with van der Waals surface area (Å²) in [5, 5.41) is 30.3. The van der Waals surface area contributed by atoms with Gasteiger partial charge in [-0.1, -0.05) is 18.2 Å². The Labute approximate surface area is 146 Å². The van der Waals surface area contributed by atoms with Gasteiger partial charge in [0.05, 0.1) is 17.3 Å². The zero-order chi connectivity index (χ0) is 17.3. The largest absolute Gasteiger partial charge is 0.505 e. The average molecular weight is 388 g/mol. The Kier molecular flexibility index (Phi) is 4.31. The number of aromatic hydroxyl groups is 3. The van der Waals surface area contributed by atoms with Crippen LogP contribution in [0.15, 0.2) is 40.9 Å². The number of phenolic OH excluding ortho intramolecular Hbond substituents is 3. The predicted molar refractivity (Wildman–Crippen MR) is 96.4 cm³/mol. The fourth-order valence-electron chi connectivity index (χ4n) is 2.30. The summed E-state index contributed by atoms with van der Waals surface area (Å²) in [5.41, 5.74) is 1.78. The molecule has 0 bridgehead atoms. The smallest absolute Gasteiger partial charge is 0.200 e. The van der Waals surface area contributed by atoms with Crippen LogP contribution in [0.25, 0.3) is 23.1 Å². The standard InChI is InChI=1S/C18H14BrNO4/c1-24-15-9-10(8-14(21)18(15)23)2-5-12-6-3-11-4-7-13(19)17(22)16(11)20-12/h2-9,21-23H,1H3/b5-2+. The van der Waals surface area contributed by atoms with Crippen LogP contribution in [-0.2, 0) is 0 Å². The van der Waals surface area contributed by atoms with Gasteiger partial charge in [0.1, 0.15) is 5.52 Å². The molecule has 122 valence electrons. The molecule has 3 N–H and O–H groups in total. The monoisotopic (exact) mass is 387 g/mol. The Hall–Kier alpha value is -2.73. The van der Waals surface area contributed by atoms with Gasteiger partial charge in [-0.2, -0.15) is 0 Å². The number of fused-ring (bicyclic) bond motifs is 1. The number of nitrogens with zero attached hydrogens (tertiary/aromatic N) is 1. The lowest BCUT2D eigenvalue weighted by atomic mass is 10.1. The highest BCUT2D eigenvalue weighted by Gasteiger charge is 2.09. The van der Waals surface area contributed by atoms with Crippen LogP contribution < -0.4 is 4.74 Å². The molecule has 0 fully saturated rings. The molecule has 2 aromatic carbocycles. The first kappa shape index (κ1) is 16.1. The van der Waals surface area contributed by atoms with Crippen LogP contribution in [0.3, 0.4) is 0 Å². The normalized spacial score (nSPS) is 11.2. The molecule has 0 amide bonds. The summed E-state index contributed by atoms with van der Waals surface area (Å²) in [5.74, 6) is -0.287. The summed E-state index contributed by atoms with van der Waals surface area (Å²) in [6.45, 7) is 0. The van der Waals surface area contributed by atoms with Crippen LogP contribution in [0.2, 0.25) is 0 Å². The molecular formula is C18H14BrNO4. The molecular weight excluding hydrogens is 374 g/mol. The van der Waals surface area contributed by atoms with Gasteiger partial charge in [-0.15, -0.1) is 0 Å². The molecule has 0 saturated carbocycles. The second-order valence-electron chi connectivity index (χ2n) is 5.13. The summed E-state index contributed by atoms with van der Waals surface area (Å²) in [4.78, 5) is 4.42. The van der Waals surface area contributed by atoms with E-state index in [2.05, 4.69) is 20.9 Å². The highest BCUT2D eigenvalue weighted by Crippen LogP contribution is 2.37. The molecule has 3 aromatic rings. The van der Waals surface area contributed by atoms with Gasteiger partial charge in [0.15, 0.2) is 17.2 Å². The third kappa shape index (κ3) is 3.00. The van der Waals surface area contributed by atoms with Gasteiger partial charge in [-0.05, 0) is 51.8 Å². The average Bonchev–Trinajstić information content (AvgIpc) is 2.59. The Morgan fingerprint density at radius 3 is 2.50 bits per heavy atom. The summed E-state index contributed by atoms with van der Waals surface area (Å²) in [6, 6.07) is 10.3. The Morgan fingerprint density at radius 2 is 1.75 bits per heavy atom. The van der Waals surface area contributed by atoms with E-state index in [1.54, 1.807) is 24.3 Å². The van der Waals surface area contributed by atoms with Crippen LogP contribution in [0.1, 0.15) is 11.3 Å². The molecule has 0 radical (unpaired) electrons. The summed E-state index contributed by atoms with van der Waals surface area (Å²) >= 11 is 3.27. The number of halogens is 1. The van der Waals surface area contributed by atoms with Crippen molar-refractivity contribution in [1.29, 1.82) is 0 Å². The highest BCUT2D eigenvalue weighted by atomic mass is 79.9. The van der Waals surface area contributed by atoms with E-state index in [0.29, 0.717) is 21.2 Å². The van der Waals surface area contributed by atoms with Crippen molar-refractivity contribution >= 4 is 39.0 Å². The van der Waals surface area contributed by atoms with E-state index >= 15 is 0 Å². The zero-order valence-electron chi connectivity index (χ0n) is 12.7. The van der Waals surface area contributed by atoms with Crippen molar-refractivity contribution < 1.29 is 20.1 Å². The van der Waals surface area contributed by atoms with Crippen molar-refractivity contribution in [2.75, 3.05) is 7.11 Å². The van der Waals surface area contributed by atoms with E-state index in [9.17, 15) is 15.3 Å². The minimum Gasteiger partial charge on any atom is -0.505 e. The highest BCUT2D eigenvalue weighted by molar-refractivity contribution is 9.10. The van der Waals surface area contributed by atoms with E-state index in [-0.39, 0.29) is 23.0 Å². The Morgan fingerprint density at radius 1 is 1.00 bits per heavy atom. The summed E-state index contributed by atoms with van der Waals surface area (Å²) in [6.07, 6.45) is 3.47. The molecule has 0 spiro atoms. The van der Waals surface area contributed by atoms with Crippen LogP contribution in [0, 0.1) is 0 Å². The SMILES string of the molecule is COc1cc(/C=C/c2ccc3ccc(Br)c(O)c3n2)cc(O)c1O. The number of methoxy groups -OCH3 is 1. The number of hydrogen-bond donors (Lipinski definition) is 3. The van der Waals surface area contributed by atoms with Gasteiger partial charge >= 0.3 is 0 Å². The molecule has 0 aliphatic rings. The van der Waals surface area contributed by atoms with Gasteiger partial charge in [-0.3, -0.25) is 0 Å². The molecule has 0 atom stereocenters. The maximum absolute atomic E-state index is 10.1. The minimum atomic E-state index is -0.298. The second kappa shape index (κ2) is 6.41. The van der Waals surface area contributed by atoms with E-state index < -0.39 is 0 Å². The lowest BCUT2D eigenvalue weighted by Crippen LogP contribution is -1.86. The van der Waals surface area contributed by atoms with Crippen molar-refractivity contribution in [3.05, 3.63) is 52.1 Å². The lowest BCUT2D eigenvalue weighted by Gasteiger charge is -2.06. The number of benzene rings is 2. The van der Waals surface area contributed by atoms with Crippen LogP contribution in [0.4, 0.5) is 0 Å². The van der Waals surface area contributed by atoms with Gasteiger partial charge in [0.2, 0.25) is 5.75 Å². The number of rotatable bonds is 3. The van der Waals surface area contributed by atoms with E-state index in [0.717, 1.165) is 5.39 Å². The van der Waals surface area contributed by atoms with Crippen molar-refractivity contribution in [1.82, 2.24) is 4.98 Å². The van der Waals surface area contributed by atoms with Crippen molar-refractivity contribution in [3.8, 4) is 23.0 Å². The third-order valence-electron chi connectivity index (χ3n) is 3.55. The third-order valence-corrected chi connectivity index (χ3v) is 4.19. The molecule has 5 nitrogen and oxygen atoms in total. The number of phenols is 3. The molecule has 1 heterocycles. The lowest BCUT2D eigenvalue weighted by molar-refractivity contribution is 0.351. The summed E-state index contributed by atoms with van der Waals surface area (Å²) < 4.78 is 5.59. The Balaban J connectivity index is 1.99. The van der Waals surface area contributed by atoms with Crippen LogP contribution >= 0.6 is 15.9 Å². The topological polar surface area (TPSA) is 82.8 Å². The zero-order valence-corrected chi connectivity index (χ0v) is 14.3. The number of aromatic nitrogens is 1. The van der Waals surface area contributed by atoms with E-state index in [1.165, 1.54) is 13.2 Å². The van der Waals surface area contributed by atoms with Gasteiger partial charge in [-0.25, -0.2) is 4.98 Å². The molecule has 24 heavy (non-hydrogen) atoms. The molecule has 6 heteroatoms. The number of ether oxygens (including phenoxy) is 1. The van der Waals surface area contributed by atoms with Gasteiger partial charge < -0.3 is 20.1 Å². The molecule has 1 aromatic heterocycles. The fraction of sp³-hybridized carbons (Fsp3) is 0.0556. The molecule has 0 unspecified atom stereocenters. The van der Waals surface area contributed by atoms with Crippen molar-refractivity contribution in [2.45, 2.75) is 0 Å². The summed E-state index contributed by atoms with van der Waals surface area (Å²) in [7, 11) is 1.41. The first-order valence-corrected chi connectivity index (χ1v) is 7.85. The first-order chi connectivity index (χ1) is 11.5. The molecule has 0 aliphatic carbocycles. The fourth-order valence-corrected chi connectivity index (χ4v) is 2.62. The number of pyridine rings is 1. The quantitative estimate of drug-likeness (QED) is 0.583. The van der Waals surface area contributed by atoms with Gasteiger partial charge in [0.25, 0.3) is 0 Å². The maximum atomic E-state index is 10.1. The second-order valence-corrected chi connectivity index (χ2v) is 5.98. The van der Waals surface area contributed by atoms with Gasteiger partial charge in [0, 0.05) is 5.39 Å². The number of hydrogen-bond acceptors (Lipinski definition) is 5. The first-order valence-electron chi connectivity index (χ1n) is 7.06. The van der Waals surface area contributed by atoms with Crippen molar-refractivity contribution in [2.24, 2.45) is 0 Å². The van der Waals surface area contributed by atoms with Crippen LogP contribution in [-0.4, -0.2) is 27.4 Å². The van der Waals surface area contributed by atoms with E-state index in [4.69, 9.17) is 4.74 Å². The van der Waals surface area contributed by atoms with Crippen LogP contribution in [0.5, 0.6) is 23.0 Å².